The van der Waals surface area contributed by atoms with Crippen LogP contribution in [0.2, 0.25) is 0 Å². The van der Waals surface area contributed by atoms with E-state index in [1.807, 2.05) is 41.9 Å². The van der Waals surface area contributed by atoms with E-state index >= 15 is 0 Å². The van der Waals surface area contributed by atoms with E-state index in [1.54, 1.807) is 7.05 Å². The Hall–Kier alpha value is -1.44. The summed E-state index contributed by atoms with van der Waals surface area (Å²) in [7, 11) is -1.85. The minimum Gasteiger partial charge on any atom is -0.307 e. The zero-order valence-corrected chi connectivity index (χ0v) is 12.6. The van der Waals surface area contributed by atoms with Crippen LogP contribution in [0.3, 0.4) is 0 Å². The van der Waals surface area contributed by atoms with Gasteiger partial charge in [0.25, 0.3) is 10.2 Å². The van der Waals surface area contributed by atoms with Crippen LogP contribution in [0.25, 0.3) is 5.65 Å². The minimum absolute atomic E-state index is 0.195. The largest absolute Gasteiger partial charge is 0.307 e. The number of pyridine rings is 1. The maximum absolute atomic E-state index is 12.0. The van der Waals surface area contributed by atoms with Gasteiger partial charge in [-0.05, 0) is 18.6 Å². The molecule has 2 aromatic rings. The maximum atomic E-state index is 12.0. The van der Waals surface area contributed by atoms with E-state index in [9.17, 15) is 8.42 Å². The lowest BCUT2D eigenvalue weighted by Gasteiger charge is -2.16. The van der Waals surface area contributed by atoms with Crippen molar-refractivity contribution in [2.75, 3.05) is 13.6 Å². The van der Waals surface area contributed by atoms with Gasteiger partial charge in [0.2, 0.25) is 0 Å². The van der Waals surface area contributed by atoms with Crippen molar-refractivity contribution >= 4 is 15.9 Å². The highest BCUT2D eigenvalue weighted by Crippen LogP contribution is 2.05. The van der Waals surface area contributed by atoms with Gasteiger partial charge in [0, 0.05) is 26.0 Å². The molecule has 0 aliphatic heterocycles. The molecule has 0 unspecified atom stereocenters. The van der Waals surface area contributed by atoms with Crippen molar-refractivity contribution in [2.24, 2.45) is 0 Å². The van der Waals surface area contributed by atoms with Crippen LogP contribution in [-0.2, 0) is 16.8 Å². The van der Waals surface area contributed by atoms with Crippen LogP contribution in [-0.4, -0.2) is 35.7 Å². The summed E-state index contributed by atoms with van der Waals surface area (Å²) in [5.74, 6) is 0. The summed E-state index contributed by atoms with van der Waals surface area (Å²) >= 11 is 0. The molecule has 2 heterocycles. The molecule has 0 radical (unpaired) electrons. The summed E-state index contributed by atoms with van der Waals surface area (Å²) in [6.07, 6.45) is 5.52. The highest BCUT2D eigenvalue weighted by atomic mass is 32.2. The molecular formula is C13H20N4O2S. The smallest absolute Gasteiger partial charge is 0.279 e. The van der Waals surface area contributed by atoms with Crippen molar-refractivity contribution in [3.05, 3.63) is 36.3 Å². The van der Waals surface area contributed by atoms with E-state index in [0.29, 0.717) is 12.2 Å². The first kappa shape index (κ1) is 15.0. The average Bonchev–Trinajstić information content (AvgIpc) is 2.85. The lowest BCUT2D eigenvalue weighted by atomic mass is 10.3. The minimum atomic E-state index is -3.43. The lowest BCUT2D eigenvalue weighted by Crippen LogP contribution is -2.38. The number of aromatic nitrogens is 2. The van der Waals surface area contributed by atoms with Crippen LogP contribution in [0.15, 0.2) is 30.6 Å². The van der Waals surface area contributed by atoms with E-state index in [1.165, 1.54) is 4.31 Å². The molecule has 6 nitrogen and oxygen atoms in total. The molecule has 0 bridgehead atoms. The van der Waals surface area contributed by atoms with Crippen molar-refractivity contribution in [1.82, 2.24) is 18.4 Å². The lowest BCUT2D eigenvalue weighted by molar-refractivity contribution is 0.448. The standard InChI is InChI=1S/C13H20N4O2S/c1-3-4-8-16(2)20(18,19)14-10-12-11-17-9-6-5-7-13(17)15-12/h5-7,9,11,14H,3-4,8,10H2,1-2H3. The van der Waals surface area contributed by atoms with Crippen molar-refractivity contribution in [1.29, 1.82) is 0 Å². The third-order valence-electron chi connectivity index (χ3n) is 3.09. The van der Waals surface area contributed by atoms with Gasteiger partial charge in [-0.3, -0.25) is 0 Å². The molecule has 0 saturated heterocycles. The van der Waals surface area contributed by atoms with Gasteiger partial charge in [-0.1, -0.05) is 19.4 Å². The Kier molecular flexibility index (Phi) is 4.74. The van der Waals surface area contributed by atoms with Crippen LogP contribution in [0, 0.1) is 0 Å². The Balaban J connectivity index is 2.00. The number of rotatable bonds is 7. The fraction of sp³-hybridized carbons (Fsp3) is 0.462. The number of unbranched alkanes of at least 4 members (excludes halogenated alkanes) is 1. The molecule has 0 saturated carbocycles. The quantitative estimate of drug-likeness (QED) is 0.840. The third-order valence-corrected chi connectivity index (χ3v) is 4.60. The van der Waals surface area contributed by atoms with Crippen LogP contribution in [0.1, 0.15) is 25.5 Å². The topological polar surface area (TPSA) is 66.7 Å². The summed E-state index contributed by atoms with van der Waals surface area (Å²) in [6, 6.07) is 5.68. The first-order valence-electron chi connectivity index (χ1n) is 6.66. The fourth-order valence-corrected chi connectivity index (χ4v) is 2.77. The zero-order chi connectivity index (χ0) is 14.6. The highest BCUT2D eigenvalue weighted by molar-refractivity contribution is 7.87. The monoisotopic (exact) mass is 296 g/mol. The molecule has 0 aromatic carbocycles. The SMILES string of the molecule is CCCCN(C)S(=O)(=O)NCc1cn2ccccc2n1. The third kappa shape index (κ3) is 3.56. The van der Waals surface area contributed by atoms with E-state index in [0.717, 1.165) is 18.5 Å². The first-order valence-corrected chi connectivity index (χ1v) is 8.10. The Morgan fingerprint density at radius 1 is 1.40 bits per heavy atom. The van der Waals surface area contributed by atoms with Gasteiger partial charge in [0.15, 0.2) is 0 Å². The van der Waals surface area contributed by atoms with Gasteiger partial charge >= 0.3 is 0 Å². The molecule has 0 fully saturated rings. The second-order valence-electron chi connectivity index (χ2n) is 4.70. The molecular weight excluding hydrogens is 276 g/mol. The second kappa shape index (κ2) is 6.34. The molecule has 110 valence electrons. The molecule has 0 aliphatic rings. The number of imidazole rings is 1. The summed E-state index contributed by atoms with van der Waals surface area (Å²) in [5, 5.41) is 0. The molecule has 0 spiro atoms. The predicted molar refractivity (Wildman–Crippen MR) is 78.5 cm³/mol. The van der Waals surface area contributed by atoms with Gasteiger partial charge in [-0.15, -0.1) is 0 Å². The van der Waals surface area contributed by atoms with Crippen molar-refractivity contribution < 1.29 is 8.42 Å². The van der Waals surface area contributed by atoms with Gasteiger partial charge < -0.3 is 4.40 Å². The Morgan fingerprint density at radius 3 is 2.90 bits per heavy atom. The number of nitrogens with zero attached hydrogens (tertiary/aromatic N) is 3. The number of hydrogen-bond acceptors (Lipinski definition) is 3. The molecule has 1 N–H and O–H groups in total. The second-order valence-corrected chi connectivity index (χ2v) is 6.56. The van der Waals surface area contributed by atoms with Crippen LogP contribution in [0.4, 0.5) is 0 Å². The van der Waals surface area contributed by atoms with Crippen molar-refractivity contribution in [2.45, 2.75) is 26.3 Å². The summed E-state index contributed by atoms with van der Waals surface area (Å²) in [4.78, 5) is 4.35. The van der Waals surface area contributed by atoms with E-state index in [4.69, 9.17) is 0 Å². The van der Waals surface area contributed by atoms with E-state index < -0.39 is 10.2 Å². The summed E-state index contributed by atoms with van der Waals surface area (Å²) in [5.41, 5.74) is 1.50. The summed E-state index contributed by atoms with van der Waals surface area (Å²) in [6.45, 7) is 2.75. The fourth-order valence-electron chi connectivity index (χ4n) is 1.85. The molecule has 2 aromatic heterocycles. The predicted octanol–water partition coefficient (Wildman–Crippen LogP) is 1.40. The number of hydrogen-bond donors (Lipinski definition) is 1. The molecule has 0 aliphatic carbocycles. The highest BCUT2D eigenvalue weighted by Gasteiger charge is 2.16. The Bertz CT molecular complexity index is 633. The van der Waals surface area contributed by atoms with Gasteiger partial charge in [0.05, 0.1) is 12.2 Å². The average molecular weight is 296 g/mol. The van der Waals surface area contributed by atoms with E-state index in [2.05, 4.69) is 9.71 Å². The molecule has 7 heteroatoms. The van der Waals surface area contributed by atoms with Crippen LogP contribution in [0.5, 0.6) is 0 Å². The first-order chi connectivity index (χ1) is 9.53. The summed E-state index contributed by atoms with van der Waals surface area (Å²) < 4.78 is 29.8. The Labute approximate surface area is 119 Å². The van der Waals surface area contributed by atoms with Crippen molar-refractivity contribution in [3.63, 3.8) is 0 Å². The number of fused-ring (bicyclic) bond motifs is 1. The van der Waals surface area contributed by atoms with E-state index in [-0.39, 0.29) is 6.54 Å². The molecule has 20 heavy (non-hydrogen) atoms. The van der Waals surface area contributed by atoms with Crippen LogP contribution >= 0.6 is 0 Å². The van der Waals surface area contributed by atoms with Crippen LogP contribution < -0.4 is 4.72 Å². The van der Waals surface area contributed by atoms with Gasteiger partial charge in [-0.25, -0.2) is 4.98 Å². The number of nitrogens with one attached hydrogen (secondary N) is 1. The molecule has 0 atom stereocenters. The molecule has 2 rings (SSSR count). The van der Waals surface area contributed by atoms with Crippen molar-refractivity contribution in [3.8, 4) is 0 Å². The van der Waals surface area contributed by atoms with Gasteiger partial charge in [0.1, 0.15) is 5.65 Å². The maximum Gasteiger partial charge on any atom is 0.279 e. The zero-order valence-electron chi connectivity index (χ0n) is 11.8. The normalized spacial score (nSPS) is 12.3. The molecule has 0 amide bonds. The van der Waals surface area contributed by atoms with Gasteiger partial charge in [-0.2, -0.15) is 17.4 Å². The Morgan fingerprint density at radius 2 is 2.20 bits per heavy atom.